The zero-order valence-electron chi connectivity index (χ0n) is 21.9. The van der Waals surface area contributed by atoms with E-state index in [9.17, 15) is 14.4 Å². The van der Waals surface area contributed by atoms with Gasteiger partial charge in [0.25, 0.3) is 0 Å². The maximum atomic E-state index is 13.8. The lowest BCUT2D eigenvalue weighted by Crippen LogP contribution is -2.77. The predicted molar refractivity (Wildman–Crippen MR) is 140 cm³/mol. The summed E-state index contributed by atoms with van der Waals surface area (Å²) in [7, 11) is 1.73. The molecule has 0 saturated carbocycles. The van der Waals surface area contributed by atoms with Crippen LogP contribution in [0.25, 0.3) is 0 Å². The summed E-state index contributed by atoms with van der Waals surface area (Å²) in [6.07, 6.45) is 0.677. The van der Waals surface area contributed by atoms with Gasteiger partial charge in [-0.3, -0.25) is 9.59 Å². The number of nitrogens with one attached hydrogen (secondary N) is 1. The predicted octanol–water partition coefficient (Wildman–Crippen LogP) is 2.83. The first-order chi connectivity index (χ1) is 17.9. The topological polar surface area (TPSA) is 85.4 Å². The molecule has 2 heterocycles. The molecule has 9 nitrogen and oxygen atoms in total. The van der Waals surface area contributed by atoms with E-state index in [0.717, 1.165) is 24.0 Å². The van der Waals surface area contributed by atoms with Gasteiger partial charge in [0, 0.05) is 26.7 Å². The summed E-state index contributed by atoms with van der Waals surface area (Å²) >= 11 is 0. The molecule has 2 aliphatic rings. The zero-order chi connectivity index (χ0) is 26.4. The van der Waals surface area contributed by atoms with Gasteiger partial charge >= 0.3 is 6.03 Å². The summed E-state index contributed by atoms with van der Waals surface area (Å²) in [5, 5.41) is 6.19. The van der Waals surface area contributed by atoms with Crippen molar-refractivity contribution in [2.24, 2.45) is 0 Å². The first-order valence-corrected chi connectivity index (χ1v) is 13.0. The molecule has 0 aromatic heterocycles. The number of urea groups is 1. The molecule has 0 unspecified atom stereocenters. The number of ether oxygens (including phenoxy) is 1. The Bertz CT molecular complexity index is 1070. The smallest absolute Gasteiger partial charge is 0.334 e. The number of rotatable bonds is 9. The first kappa shape index (κ1) is 26.6. The lowest BCUT2D eigenvalue weighted by atomic mass is 10.0. The van der Waals surface area contributed by atoms with Crippen molar-refractivity contribution < 1.29 is 19.1 Å². The van der Waals surface area contributed by atoms with E-state index in [1.54, 1.807) is 26.9 Å². The van der Waals surface area contributed by atoms with E-state index in [2.05, 4.69) is 12.2 Å². The van der Waals surface area contributed by atoms with Crippen LogP contribution < -0.4 is 5.32 Å². The highest BCUT2D eigenvalue weighted by atomic mass is 16.5. The van der Waals surface area contributed by atoms with Crippen molar-refractivity contribution in [3.05, 3.63) is 71.8 Å². The largest absolute Gasteiger partial charge is 0.376 e. The van der Waals surface area contributed by atoms with E-state index >= 15 is 0 Å². The van der Waals surface area contributed by atoms with Crippen LogP contribution in [0.2, 0.25) is 0 Å². The number of benzene rings is 2. The van der Waals surface area contributed by atoms with Crippen LogP contribution in [0, 0.1) is 0 Å². The quantitative estimate of drug-likeness (QED) is 0.528. The number of carbonyl (C=O) groups excluding carboxylic acids is 3. The van der Waals surface area contributed by atoms with Gasteiger partial charge in [-0.15, -0.1) is 0 Å². The van der Waals surface area contributed by atoms with Gasteiger partial charge in [-0.1, -0.05) is 74.0 Å². The van der Waals surface area contributed by atoms with Crippen molar-refractivity contribution in [2.75, 3.05) is 26.7 Å². The Hall–Kier alpha value is -3.43. The van der Waals surface area contributed by atoms with Gasteiger partial charge < -0.3 is 19.9 Å². The Morgan fingerprint density at radius 1 is 1.05 bits per heavy atom. The molecule has 9 heteroatoms. The number of hydrazine groups is 1. The van der Waals surface area contributed by atoms with Gasteiger partial charge in [0.1, 0.15) is 12.2 Å². The van der Waals surface area contributed by atoms with Crippen LogP contribution in [0.5, 0.6) is 0 Å². The number of amides is 4. The van der Waals surface area contributed by atoms with Crippen LogP contribution in [-0.2, 0) is 27.4 Å². The van der Waals surface area contributed by atoms with Crippen LogP contribution in [-0.4, -0.2) is 82.7 Å². The number of likely N-dealkylation sites (N-methyl/N-ethyl adjacent to an activating group) is 1. The third-order valence-electron chi connectivity index (χ3n) is 6.91. The second-order valence-electron chi connectivity index (χ2n) is 9.66. The number of nitrogens with zero attached hydrogens (tertiary/aromatic N) is 4. The van der Waals surface area contributed by atoms with E-state index in [1.807, 2.05) is 67.6 Å². The lowest BCUT2D eigenvalue weighted by Gasteiger charge is -2.55. The molecule has 198 valence electrons. The van der Waals surface area contributed by atoms with Crippen molar-refractivity contribution in [3.8, 4) is 0 Å². The molecule has 2 saturated heterocycles. The summed E-state index contributed by atoms with van der Waals surface area (Å²) in [6, 6.07) is 18.3. The zero-order valence-corrected chi connectivity index (χ0v) is 21.9. The standard InChI is InChI=1S/C28H37N5O4/c1-4-5-16-37-21(2)26-27(35)31(18-23-14-10-7-11-15-23)19-24-32(26)25(34)20-30(3)33(24)28(36)29-17-22-12-8-6-9-13-22/h6-15,21,24,26H,4-5,16-20H2,1-3H3,(H,29,36)/t21-,24-,26-/m0/s1. The highest BCUT2D eigenvalue weighted by molar-refractivity contribution is 5.92. The molecule has 0 aliphatic carbocycles. The van der Waals surface area contributed by atoms with E-state index in [4.69, 9.17) is 4.74 Å². The second kappa shape index (κ2) is 12.2. The number of piperazine rings is 1. The second-order valence-corrected chi connectivity index (χ2v) is 9.66. The summed E-state index contributed by atoms with van der Waals surface area (Å²) in [6.45, 7) is 5.38. The van der Waals surface area contributed by atoms with Gasteiger partial charge in [-0.25, -0.2) is 14.8 Å². The maximum Gasteiger partial charge on any atom is 0.334 e. The van der Waals surface area contributed by atoms with Gasteiger partial charge in [0.05, 0.1) is 19.2 Å². The number of hydrogen-bond acceptors (Lipinski definition) is 5. The molecular weight excluding hydrogens is 470 g/mol. The molecule has 37 heavy (non-hydrogen) atoms. The minimum atomic E-state index is -0.815. The van der Waals surface area contributed by atoms with Crippen LogP contribution in [0.4, 0.5) is 4.79 Å². The van der Waals surface area contributed by atoms with Crippen molar-refractivity contribution >= 4 is 17.8 Å². The molecule has 0 spiro atoms. The first-order valence-electron chi connectivity index (χ1n) is 13.0. The summed E-state index contributed by atoms with van der Waals surface area (Å²) in [4.78, 5) is 43.9. The number of fused-ring (bicyclic) bond motifs is 1. The Balaban J connectivity index is 1.61. The fourth-order valence-corrected chi connectivity index (χ4v) is 4.99. The molecule has 0 radical (unpaired) electrons. The molecular formula is C28H37N5O4. The lowest BCUT2D eigenvalue weighted by molar-refractivity contribution is -0.195. The highest BCUT2D eigenvalue weighted by Crippen LogP contribution is 2.29. The number of carbonyl (C=O) groups is 3. The van der Waals surface area contributed by atoms with Crippen LogP contribution in [0.15, 0.2) is 60.7 Å². The van der Waals surface area contributed by atoms with Gasteiger partial charge in [0.15, 0.2) is 0 Å². The maximum absolute atomic E-state index is 13.8. The third kappa shape index (κ3) is 6.11. The van der Waals surface area contributed by atoms with Gasteiger partial charge in [-0.2, -0.15) is 0 Å². The Kier molecular flexibility index (Phi) is 8.78. The monoisotopic (exact) mass is 507 g/mol. The highest BCUT2D eigenvalue weighted by Gasteiger charge is 2.52. The molecule has 0 bridgehead atoms. The minimum Gasteiger partial charge on any atom is -0.376 e. The van der Waals surface area contributed by atoms with Crippen LogP contribution >= 0.6 is 0 Å². The molecule has 4 amide bonds. The molecule has 2 aromatic rings. The Labute approximate surface area is 218 Å². The van der Waals surface area contributed by atoms with E-state index in [-0.39, 0.29) is 30.9 Å². The van der Waals surface area contributed by atoms with Crippen molar-refractivity contribution in [1.82, 2.24) is 25.1 Å². The van der Waals surface area contributed by atoms with Crippen LogP contribution in [0.3, 0.4) is 0 Å². The van der Waals surface area contributed by atoms with Crippen molar-refractivity contribution in [2.45, 2.75) is 58.1 Å². The van der Waals surface area contributed by atoms with E-state index < -0.39 is 18.3 Å². The number of hydrogen-bond donors (Lipinski definition) is 1. The average Bonchev–Trinajstić information content (AvgIpc) is 2.89. The normalized spacial score (nSPS) is 21.1. The van der Waals surface area contributed by atoms with Gasteiger partial charge in [0.2, 0.25) is 11.8 Å². The SMILES string of the molecule is CCCCO[C@@H](C)[C@H]1C(=O)N(Cc2ccccc2)C[C@H]2N1C(=O)CN(C)N2C(=O)NCc1ccccc1. The van der Waals surface area contributed by atoms with Crippen LogP contribution in [0.1, 0.15) is 37.8 Å². The average molecular weight is 508 g/mol. The third-order valence-corrected chi connectivity index (χ3v) is 6.91. The van der Waals surface area contributed by atoms with Crippen molar-refractivity contribution in [1.29, 1.82) is 0 Å². The summed E-state index contributed by atoms with van der Waals surface area (Å²) in [5.74, 6) is -0.352. The van der Waals surface area contributed by atoms with Gasteiger partial charge in [-0.05, 0) is 24.5 Å². The molecule has 4 rings (SSSR count). The fraction of sp³-hybridized carbons (Fsp3) is 0.464. The molecule has 2 aromatic carbocycles. The summed E-state index contributed by atoms with van der Waals surface area (Å²) in [5.41, 5.74) is 1.96. The number of unbranched alkanes of at least 4 members (excludes halogenated alkanes) is 1. The Morgan fingerprint density at radius 3 is 2.35 bits per heavy atom. The minimum absolute atomic E-state index is 0.000593. The summed E-state index contributed by atoms with van der Waals surface area (Å²) < 4.78 is 6.04. The molecule has 1 N–H and O–H groups in total. The van der Waals surface area contributed by atoms with Crippen molar-refractivity contribution in [3.63, 3.8) is 0 Å². The molecule has 2 fully saturated rings. The molecule has 3 atom stereocenters. The fourth-order valence-electron chi connectivity index (χ4n) is 4.99. The van der Waals surface area contributed by atoms with E-state index in [1.165, 1.54) is 0 Å². The van der Waals surface area contributed by atoms with E-state index in [0.29, 0.717) is 19.7 Å². The Morgan fingerprint density at radius 2 is 1.70 bits per heavy atom. The molecule has 2 aliphatic heterocycles.